The fourth-order valence-corrected chi connectivity index (χ4v) is 3.03. The van der Waals surface area contributed by atoms with Gasteiger partial charge in [0.2, 0.25) is 0 Å². The number of ether oxygens (including phenoxy) is 1. The van der Waals surface area contributed by atoms with Crippen molar-refractivity contribution in [3.05, 3.63) is 23.8 Å². The summed E-state index contributed by atoms with van der Waals surface area (Å²) < 4.78 is 5.53. The number of hydrogen-bond acceptors (Lipinski definition) is 3. The van der Waals surface area contributed by atoms with Gasteiger partial charge in [0, 0.05) is 31.6 Å². The molecule has 1 aromatic rings. The summed E-state index contributed by atoms with van der Waals surface area (Å²) in [5.41, 5.74) is 3.43. The van der Waals surface area contributed by atoms with E-state index in [2.05, 4.69) is 11.4 Å². The van der Waals surface area contributed by atoms with Crippen molar-refractivity contribution < 1.29 is 9.53 Å². The van der Waals surface area contributed by atoms with E-state index in [0.29, 0.717) is 6.61 Å². The molecule has 1 unspecified atom stereocenters. The van der Waals surface area contributed by atoms with Crippen molar-refractivity contribution in [3.8, 4) is 0 Å². The SMILES string of the molecule is CNc1cccc2c1CCCN2C(=O)C1CCCO1. The average Bonchev–Trinajstić information content (AvgIpc) is 2.99. The lowest BCUT2D eigenvalue weighted by molar-refractivity contribution is -0.127. The van der Waals surface area contributed by atoms with E-state index in [9.17, 15) is 4.79 Å². The number of amides is 1. The van der Waals surface area contributed by atoms with Crippen LogP contribution in [0.15, 0.2) is 18.2 Å². The fraction of sp³-hybridized carbons (Fsp3) is 0.533. The van der Waals surface area contributed by atoms with Crippen molar-refractivity contribution in [3.63, 3.8) is 0 Å². The van der Waals surface area contributed by atoms with Crippen molar-refractivity contribution in [2.45, 2.75) is 31.8 Å². The van der Waals surface area contributed by atoms with E-state index in [1.807, 2.05) is 24.1 Å². The number of nitrogens with one attached hydrogen (secondary N) is 1. The van der Waals surface area contributed by atoms with Crippen LogP contribution >= 0.6 is 0 Å². The molecule has 0 aliphatic carbocycles. The average molecular weight is 260 g/mol. The van der Waals surface area contributed by atoms with Gasteiger partial charge in [0.25, 0.3) is 5.91 Å². The van der Waals surface area contributed by atoms with Crippen LogP contribution < -0.4 is 10.2 Å². The van der Waals surface area contributed by atoms with Crippen LogP contribution in [0.4, 0.5) is 11.4 Å². The maximum atomic E-state index is 12.5. The van der Waals surface area contributed by atoms with Crippen molar-refractivity contribution >= 4 is 17.3 Å². The first kappa shape index (κ1) is 12.5. The monoisotopic (exact) mass is 260 g/mol. The Morgan fingerprint density at radius 1 is 1.42 bits per heavy atom. The summed E-state index contributed by atoms with van der Waals surface area (Å²) >= 11 is 0. The molecule has 0 bridgehead atoms. The minimum Gasteiger partial charge on any atom is -0.388 e. The molecule has 0 spiro atoms. The zero-order valence-electron chi connectivity index (χ0n) is 11.3. The smallest absolute Gasteiger partial charge is 0.256 e. The zero-order valence-corrected chi connectivity index (χ0v) is 11.3. The van der Waals surface area contributed by atoms with Crippen LogP contribution in [0.1, 0.15) is 24.8 Å². The molecule has 1 aromatic carbocycles. The number of benzene rings is 1. The minimum absolute atomic E-state index is 0.131. The third-order valence-electron chi connectivity index (χ3n) is 3.99. The number of hydrogen-bond donors (Lipinski definition) is 1. The van der Waals surface area contributed by atoms with Crippen molar-refractivity contribution in [1.82, 2.24) is 0 Å². The second-order valence-electron chi connectivity index (χ2n) is 5.15. The van der Waals surface area contributed by atoms with E-state index in [4.69, 9.17) is 4.74 Å². The van der Waals surface area contributed by atoms with Gasteiger partial charge in [-0.25, -0.2) is 0 Å². The summed E-state index contributed by atoms with van der Waals surface area (Å²) in [5.74, 6) is 0.131. The first-order valence-electron chi connectivity index (χ1n) is 7.04. The number of fused-ring (bicyclic) bond motifs is 1. The largest absolute Gasteiger partial charge is 0.388 e. The molecule has 0 radical (unpaired) electrons. The maximum Gasteiger partial charge on any atom is 0.256 e. The summed E-state index contributed by atoms with van der Waals surface area (Å²) in [6, 6.07) is 6.12. The van der Waals surface area contributed by atoms with Gasteiger partial charge in [-0.3, -0.25) is 4.79 Å². The third kappa shape index (κ3) is 2.21. The summed E-state index contributed by atoms with van der Waals surface area (Å²) in [5, 5.41) is 3.21. The quantitative estimate of drug-likeness (QED) is 0.886. The summed E-state index contributed by atoms with van der Waals surface area (Å²) in [7, 11) is 1.93. The summed E-state index contributed by atoms with van der Waals surface area (Å²) in [4.78, 5) is 14.5. The molecule has 4 heteroatoms. The van der Waals surface area contributed by atoms with Gasteiger partial charge < -0.3 is 15.0 Å². The molecule has 2 heterocycles. The molecule has 1 atom stereocenters. The number of anilines is 2. The van der Waals surface area contributed by atoms with Gasteiger partial charge in [0.15, 0.2) is 0 Å². The van der Waals surface area contributed by atoms with E-state index in [1.54, 1.807) is 0 Å². The predicted molar refractivity (Wildman–Crippen MR) is 75.6 cm³/mol. The Balaban J connectivity index is 1.91. The molecule has 3 rings (SSSR count). The highest BCUT2D eigenvalue weighted by atomic mass is 16.5. The van der Waals surface area contributed by atoms with E-state index >= 15 is 0 Å². The van der Waals surface area contributed by atoms with Gasteiger partial charge in [-0.05, 0) is 43.4 Å². The highest BCUT2D eigenvalue weighted by molar-refractivity contribution is 5.98. The fourth-order valence-electron chi connectivity index (χ4n) is 3.03. The Kier molecular flexibility index (Phi) is 3.42. The van der Waals surface area contributed by atoms with E-state index in [1.165, 1.54) is 5.56 Å². The first-order valence-corrected chi connectivity index (χ1v) is 7.04. The molecule has 4 nitrogen and oxygen atoms in total. The Labute approximate surface area is 113 Å². The molecular weight excluding hydrogens is 240 g/mol. The molecule has 2 aliphatic rings. The third-order valence-corrected chi connectivity index (χ3v) is 3.99. The normalized spacial score (nSPS) is 22.2. The number of rotatable bonds is 2. The summed E-state index contributed by atoms with van der Waals surface area (Å²) in [6.07, 6.45) is 3.67. The Bertz CT molecular complexity index is 481. The minimum atomic E-state index is -0.232. The number of carbonyl (C=O) groups is 1. The summed E-state index contributed by atoms with van der Waals surface area (Å²) in [6.45, 7) is 1.52. The van der Waals surface area contributed by atoms with Gasteiger partial charge >= 0.3 is 0 Å². The van der Waals surface area contributed by atoms with Gasteiger partial charge in [-0.2, -0.15) is 0 Å². The molecule has 2 aliphatic heterocycles. The van der Waals surface area contributed by atoms with E-state index < -0.39 is 0 Å². The molecule has 0 saturated carbocycles. The molecule has 1 N–H and O–H groups in total. The predicted octanol–water partition coefficient (Wildman–Crippen LogP) is 2.19. The molecule has 0 aromatic heterocycles. The van der Waals surface area contributed by atoms with Gasteiger partial charge in [0.05, 0.1) is 0 Å². The lowest BCUT2D eigenvalue weighted by Gasteiger charge is -2.32. The molecular formula is C15H20N2O2. The van der Waals surface area contributed by atoms with Crippen LogP contribution in [0.3, 0.4) is 0 Å². The standard InChI is InChI=1S/C15H20N2O2/c1-16-12-6-2-7-13-11(12)5-3-9-17(13)15(18)14-8-4-10-19-14/h2,6-7,14,16H,3-5,8-10H2,1H3. The second-order valence-corrected chi connectivity index (χ2v) is 5.15. The zero-order chi connectivity index (χ0) is 13.2. The van der Waals surface area contributed by atoms with Crippen LogP contribution in [0.25, 0.3) is 0 Å². The topological polar surface area (TPSA) is 41.6 Å². The molecule has 1 saturated heterocycles. The van der Waals surface area contributed by atoms with Crippen LogP contribution in [0.2, 0.25) is 0 Å². The van der Waals surface area contributed by atoms with Crippen molar-refractivity contribution in [2.24, 2.45) is 0 Å². The van der Waals surface area contributed by atoms with Crippen molar-refractivity contribution in [1.29, 1.82) is 0 Å². The van der Waals surface area contributed by atoms with Crippen LogP contribution in [0.5, 0.6) is 0 Å². The molecule has 1 fully saturated rings. The number of carbonyl (C=O) groups excluding carboxylic acids is 1. The number of nitrogens with zero attached hydrogens (tertiary/aromatic N) is 1. The molecule has 1 amide bonds. The van der Waals surface area contributed by atoms with Crippen molar-refractivity contribution in [2.75, 3.05) is 30.4 Å². The Hall–Kier alpha value is -1.55. The van der Waals surface area contributed by atoms with Crippen LogP contribution in [-0.4, -0.2) is 32.2 Å². The second kappa shape index (κ2) is 5.21. The first-order chi connectivity index (χ1) is 9.31. The van der Waals surface area contributed by atoms with Gasteiger partial charge in [-0.15, -0.1) is 0 Å². The van der Waals surface area contributed by atoms with Gasteiger partial charge in [0.1, 0.15) is 6.10 Å². The van der Waals surface area contributed by atoms with Crippen LogP contribution in [-0.2, 0) is 16.0 Å². The Morgan fingerprint density at radius 3 is 3.05 bits per heavy atom. The maximum absolute atomic E-state index is 12.5. The lowest BCUT2D eigenvalue weighted by atomic mass is 9.99. The van der Waals surface area contributed by atoms with E-state index in [0.717, 1.165) is 43.6 Å². The highest BCUT2D eigenvalue weighted by Crippen LogP contribution is 2.33. The van der Waals surface area contributed by atoms with Gasteiger partial charge in [-0.1, -0.05) is 6.07 Å². The Morgan fingerprint density at radius 2 is 2.32 bits per heavy atom. The molecule has 102 valence electrons. The lowest BCUT2D eigenvalue weighted by Crippen LogP contribution is -2.42. The van der Waals surface area contributed by atoms with E-state index in [-0.39, 0.29) is 12.0 Å². The van der Waals surface area contributed by atoms with Crippen LogP contribution in [0, 0.1) is 0 Å². The molecule has 19 heavy (non-hydrogen) atoms. The highest BCUT2D eigenvalue weighted by Gasteiger charge is 2.31.